The summed E-state index contributed by atoms with van der Waals surface area (Å²) in [4.78, 5) is 16.1. The minimum atomic E-state index is -5.08. The largest absolute Gasteiger partial charge is 0.416 e. The molecule has 2 fully saturated rings. The Morgan fingerprint density at radius 1 is 0.844 bits per heavy atom. The van der Waals surface area contributed by atoms with Crippen LogP contribution in [0.3, 0.4) is 0 Å². The first-order valence-electron chi connectivity index (χ1n) is 15.1. The van der Waals surface area contributed by atoms with Crippen LogP contribution in [-0.4, -0.2) is 41.7 Å². The Kier molecular flexibility index (Phi) is 9.60. The van der Waals surface area contributed by atoms with Crippen molar-refractivity contribution in [2.75, 3.05) is 19.7 Å². The summed E-state index contributed by atoms with van der Waals surface area (Å²) in [5, 5.41) is 13.1. The van der Waals surface area contributed by atoms with E-state index in [0.29, 0.717) is 43.7 Å². The lowest BCUT2D eigenvalue weighted by Gasteiger charge is -2.46. The Labute approximate surface area is 257 Å². The lowest BCUT2D eigenvalue weighted by molar-refractivity contribution is -0.143. The Bertz CT molecular complexity index is 1410. The van der Waals surface area contributed by atoms with Crippen molar-refractivity contribution in [3.8, 4) is 0 Å². The van der Waals surface area contributed by atoms with E-state index in [1.54, 1.807) is 0 Å². The van der Waals surface area contributed by atoms with E-state index in [0.717, 1.165) is 37.1 Å². The molecular weight excluding hydrogens is 601 g/mol. The zero-order valence-corrected chi connectivity index (χ0v) is 24.5. The lowest BCUT2D eigenvalue weighted by atomic mass is 9.73. The average molecular weight is 637 g/mol. The fourth-order valence-corrected chi connectivity index (χ4v) is 6.88. The maximum Gasteiger partial charge on any atom is 0.416 e. The number of amides is 1. The fraction of sp³-hybridized carbons (Fsp3) is 0.441. The molecule has 2 N–H and O–H groups in total. The average Bonchev–Trinajstić information content (AvgIpc) is 3.02. The number of halogens is 7. The first-order valence-corrected chi connectivity index (χ1v) is 15.1. The number of carbonyl (C=O) groups excluding carboxylic acids is 1. The Balaban J connectivity index is 1.33. The number of likely N-dealkylation sites (tertiary alicyclic amines) is 1. The van der Waals surface area contributed by atoms with Gasteiger partial charge in [-0.15, -0.1) is 0 Å². The summed E-state index contributed by atoms with van der Waals surface area (Å²) >= 11 is 0. The Morgan fingerprint density at radius 3 is 1.91 bits per heavy atom. The molecule has 0 aromatic heterocycles. The first kappa shape index (κ1) is 32.9. The molecule has 0 unspecified atom stereocenters. The van der Waals surface area contributed by atoms with E-state index in [-0.39, 0.29) is 17.9 Å². The smallest absolute Gasteiger partial charge is 0.395 e. The van der Waals surface area contributed by atoms with Crippen LogP contribution in [-0.2, 0) is 22.7 Å². The van der Waals surface area contributed by atoms with Crippen LogP contribution < -0.4 is 5.32 Å². The number of carbonyl (C=O) groups is 1. The van der Waals surface area contributed by atoms with Gasteiger partial charge in [-0.05, 0) is 105 Å². The molecule has 1 saturated heterocycles. The third-order valence-corrected chi connectivity index (χ3v) is 9.40. The van der Waals surface area contributed by atoms with Crippen LogP contribution in [0, 0.1) is 5.82 Å². The van der Waals surface area contributed by atoms with Gasteiger partial charge in [-0.2, -0.15) is 26.3 Å². The summed E-state index contributed by atoms with van der Waals surface area (Å²) in [6.07, 6.45) is -5.88. The summed E-state index contributed by atoms with van der Waals surface area (Å²) in [5.74, 6) is -2.40. The molecular formula is C34H35F7N2O2. The first-order chi connectivity index (χ1) is 21.3. The van der Waals surface area contributed by atoms with E-state index in [9.17, 15) is 40.6 Å². The summed E-state index contributed by atoms with van der Waals surface area (Å²) in [6.45, 7) is 0.753. The number of nitrogens with zero attached hydrogens (tertiary/aromatic N) is 1. The minimum Gasteiger partial charge on any atom is -0.395 e. The SMILES string of the molecule is O=C(NC1(c2ccccc2)CCC(N2CCC(c3ccc(F)cc3)CC2)CC1)[C@H](CO)c1cc(C(F)(F)F)cc(C(F)(F)F)c1. The highest BCUT2D eigenvalue weighted by atomic mass is 19.4. The van der Waals surface area contributed by atoms with E-state index in [4.69, 9.17) is 0 Å². The maximum atomic E-state index is 13.7. The highest BCUT2D eigenvalue weighted by molar-refractivity contribution is 5.85. The molecule has 5 rings (SSSR count). The summed E-state index contributed by atoms with van der Waals surface area (Å²) in [7, 11) is 0. The molecule has 11 heteroatoms. The van der Waals surface area contributed by atoms with Crippen LogP contribution in [0.15, 0.2) is 72.8 Å². The van der Waals surface area contributed by atoms with Crippen molar-refractivity contribution in [1.82, 2.24) is 10.2 Å². The van der Waals surface area contributed by atoms with Gasteiger partial charge in [0.1, 0.15) is 5.82 Å². The third-order valence-electron chi connectivity index (χ3n) is 9.40. The van der Waals surface area contributed by atoms with Crippen molar-refractivity contribution in [1.29, 1.82) is 0 Å². The second kappa shape index (κ2) is 13.1. The van der Waals surface area contributed by atoms with Gasteiger partial charge in [0.15, 0.2) is 0 Å². The molecule has 4 nitrogen and oxygen atoms in total. The number of rotatable bonds is 7. The fourth-order valence-electron chi connectivity index (χ4n) is 6.88. The maximum absolute atomic E-state index is 13.7. The molecule has 2 aliphatic rings. The molecule has 1 aliphatic heterocycles. The number of benzene rings is 3. The normalized spacial score (nSPS) is 22.6. The van der Waals surface area contributed by atoms with Crippen molar-refractivity contribution in [2.24, 2.45) is 0 Å². The number of alkyl halides is 6. The monoisotopic (exact) mass is 636 g/mol. The predicted octanol–water partition coefficient (Wildman–Crippen LogP) is 7.77. The molecule has 1 atom stereocenters. The van der Waals surface area contributed by atoms with Gasteiger partial charge in [0.05, 0.1) is 29.2 Å². The second-order valence-electron chi connectivity index (χ2n) is 12.1. The summed E-state index contributed by atoms with van der Waals surface area (Å²) in [5.41, 5.74) is -2.66. The summed E-state index contributed by atoms with van der Waals surface area (Å²) in [6, 6.07) is 17.0. The highest BCUT2D eigenvalue weighted by Crippen LogP contribution is 2.42. The van der Waals surface area contributed by atoms with Crippen LogP contribution in [0.2, 0.25) is 0 Å². The van der Waals surface area contributed by atoms with Gasteiger partial charge < -0.3 is 15.3 Å². The number of aliphatic hydroxyl groups excluding tert-OH is 1. The highest BCUT2D eigenvalue weighted by Gasteiger charge is 2.43. The van der Waals surface area contributed by atoms with Gasteiger partial charge >= 0.3 is 12.4 Å². The van der Waals surface area contributed by atoms with Gasteiger partial charge in [0.25, 0.3) is 0 Å². The van der Waals surface area contributed by atoms with E-state index < -0.39 is 53.0 Å². The van der Waals surface area contributed by atoms with Crippen LogP contribution in [0.1, 0.15) is 78.2 Å². The van der Waals surface area contributed by atoms with Crippen molar-refractivity contribution < 1.29 is 40.6 Å². The molecule has 0 radical (unpaired) electrons. The van der Waals surface area contributed by atoms with Crippen molar-refractivity contribution in [3.05, 3.63) is 106 Å². The van der Waals surface area contributed by atoms with Gasteiger partial charge in [-0.1, -0.05) is 42.5 Å². The zero-order valence-electron chi connectivity index (χ0n) is 24.5. The molecule has 1 aliphatic carbocycles. The quantitative estimate of drug-likeness (QED) is 0.261. The number of nitrogens with one attached hydrogen (secondary N) is 1. The van der Waals surface area contributed by atoms with Crippen LogP contribution in [0.4, 0.5) is 30.7 Å². The van der Waals surface area contributed by atoms with Crippen molar-refractivity contribution in [3.63, 3.8) is 0 Å². The molecule has 1 saturated carbocycles. The molecule has 1 amide bonds. The molecule has 3 aromatic rings. The van der Waals surface area contributed by atoms with E-state index in [2.05, 4.69) is 10.2 Å². The second-order valence-corrected chi connectivity index (χ2v) is 12.1. The Hall–Kier alpha value is -3.44. The lowest BCUT2D eigenvalue weighted by Crippen LogP contribution is -2.53. The van der Waals surface area contributed by atoms with Crippen molar-refractivity contribution in [2.45, 2.75) is 74.3 Å². The topological polar surface area (TPSA) is 52.6 Å². The van der Waals surface area contributed by atoms with Crippen molar-refractivity contribution >= 4 is 5.91 Å². The Morgan fingerprint density at radius 2 is 1.40 bits per heavy atom. The van der Waals surface area contributed by atoms with Crippen LogP contribution in [0.25, 0.3) is 0 Å². The molecule has 242 valence electrons. The molecule has 1 heterocycles. The number of aliphatic hydroxyl groups is 1. The minimum absolute atomic E-state index is 0.00500. The van der Waals surface area contributed by atoms with Gasteiger partial charge in [0.2, 0.25) is 5.91 Å². The number of hydrogen-bond donors (Lipinski definition) is 2. The van der Waals surface area contributed by atoms with Crippen LogP contribution >= 0.6 is 0 Å². The van der Waals surface area contributed by atoms with Gasteiger partial charge in [0, 0.05) is 6.04 Å². The van der Waals surface area contributed by atoms with E-state index in [1.807, 2.05) is 42.5 Å². The molecule has 45 heavy (non-hydrogen) atoms. The molecule has 0 bridgehead atoms. The van der Waals surface area contributed by atoms with Gasteiger partial charge in [-0.3, -0.25) is 4.79 Å². The third kappa shape index (κ3) is 7.52. The number of piperidine rings is 1. The standard InChI is InChI=1S/C34H35F7N2O2/c35-28-8-6-22(7-9-28)23-12-16-43(17-13-23)29-10-14-32(15-11-29,25-4-2-1-3-5-25)42-31(45)30(21-44)24-18-26(33(36,37)38)20-27(19-24)34(39,40)41/h1-9,18-20,23,29-30,44H,10-17,21H2,(H,42,45)/t29?,30-,32?/m1/s1. The summed E-state index contributed by atoms with van der Waals surface area (Å²) < 4.78 is 94.5. The predicted molar refractivity (Wildman–Crippen MR) is 155 cm³/mol. The molecule has 3 aromatic carbocycles. The zero-order chi connectivity index (χ0) is 32.4. The number of hydrogen-bond acceptors (Lipinski definition) is 3. The molecule has 0 spiro atoms. The van der Waals surface area contributed by atoms with Crippen LogP contribution in [0.5, 0.6) is 0 Å². The van der Waals surface area contributed by atoms with E-state index >= 15 is 0 Å². The van der Waals surface area contributed by atoms with Gasteiger partial charge in [-0.25, -0.2) is 4.39 Å². The van der Waals surface area contributed by atoms with E-state index in [1.165, 1.54) is 12.1 Å².